The molecule has 24 heavy (non-hydrogen) atoms. The average molecular weight is 316 g/mol. The summed E-state index contributed by atoms with van der Waals surface area (Å²) >= 11 is 0. The number of aromatic carboxylic acids is 2. The quantitative estimate of drug-likeness (QED) is 0.550. The molecular weight excluding hydrogens is 304 g/mol. The highest BCUT2D eigenvalue weighted by Gasteiger charge is 2.13. The van der Waals surface area contributed by atoms with Gasteiger partial charge in [-0.1, -0.05) is 42.3 Å². The summed E-state index contributed by atoms with van der Waals surface area (Å²) in [6, 6.07) is 15.8. The summed E-state index contributed by atoms with van der Waals surface area (Å²) in [4.78, 5) is 21.8. The third-order valence-corrected chi connectivity index (χ3v) is 3.86. The monoisotopic (exact) mass is 316 g/mol. The number of hydrogen-bond acceptors (Lipinski definition) is 2. The summed E-state index contributed by atoms with van der Waals surface area (Å²) in [6.07, 6.45) is 5.32. The van der Waals surface area contributed by atoms with E-state index in [4.69, 9.17) is 16.6 Å². The van der Waals surface area contributed by atoms with Gasteiger partial charge in [0, 0.05) is 5.56 Å². The second-order valence-electron chi connectivity index (χ2n) is 5.26. The molecule has 0 saturated heterocycles. The molecule has 0 aliphatic heterocycles. The highest BCUT2D eigenvalue weighted by atomic mass is 16.4. The third-order valence-electron chi connectivity index (χ3n) is 3.86. The minimum Gasteiger partial charge on any atom is -0.478 e. The van der Waals surface area contributed by atoms with Gasteiger partial charge in [-0.05, 0) is 40.1 Å². The van der Waals surface area contributed by atoms with E-state index >= 15 is 0 Å². The van der Waals surface area contributed by atoms with Gasteiger partial charge in [-0.15, -0.1) is 6.42 Å². The van der Waals surface area contributed by atoms with E-state index in [-0.39, 0.29) is 16.7 Å². The molecule has 4 heteroatoms. The van der Waals surface area contributed by atoms with Crippen molar-refractivity contribution in [3.05, 3.63) is 71.3 Å². The Kier molecular flexibility index (Phi) is 3.77. The Labute approximate surface area is 138 Å². The first kappa shape index (κ1) is 15.3. The number of fused-ring (bicyclic) bond motifs is 2. The van der Waals surface area contributed by atoms with Crippen molar-refractivity contribution < 1.29 is 19.8 Å². The second kappa shape index (κ2) is 5.90. The fourth-order valence-corrected chi connectivity index (χ4v) is 2.46. The molecule has 0 spiro atoms. The average Bonchev–Trinajstić information content (AvgIpc) is 2.56. The maximum absolute atomic E-state index is 11.0. The van der Waals surface area contributed by atoms with Crippen molar-refractivity contribution in [2.24, 2.45) is 0 Å². The van der Waals surface area contributed by atoms with Crippen LogP contribution in [-0.2, 0) is 0 Å². The molecular formula is C20H12O4. The van der Waals surface area contributed by atoms with Crippen LogP contribution in [0.25, 0.3) is 21.9 Å². The first-order chi connectivity index (χ1) is 11.5. The number of benzene rings is 3. The van der Waals surface area contributed by atoms with Gasteiger partial charge in [0.05, 0.1) is 11.1 Å². The Hall–Kier alpha value is -3.58. The van der Waals surface area contributed by atoms with Crippen LogP contribution >= 0.6 is 0 Å². The number of terminal acetylenes is 1. The molecule has 4 rings (SSSR count). The summed E-state index contributed by atoms with van der Waals surface area (Å²) in [5, 5.41) is 19.1. The number of hydrogen-bond donors (Lipinski definition) is 2. The van der Waals surface area contributed by atoms with Crippen molar-refractivity contribution in [1.82, 2.24) is 0 Å². The largest absolute Gasteiger partial charge is 0.478 e. The molecule has 0 fully saturated rings. The Morgan fingerprint density at radius 1 is 0.833 bits per heavy atom. The molecule has 2 aromatic rings. The SMILES string of the molecule is C#Cc1c(C(=O)O)ccc2cc(C(=O)O)ccc12.c1cc2ccc1-2. The van der Waals surface area contributed by atoms with Gasteiger partial charge in [-0.3, -0.25) is 0 Å². The zero-order valence-corrected chi connectivity index (χ0v) is 12.5. The van der Waals surface area contributed by atoms with Gasteiger partial charge in [0.25, 0.3) is 0 Å². The lowest BCUT2D eigenvalue weighted by Gasteiger charge is -2.10. The molecule has 2 aliphatic carbocycles. The highest BCUT2D eigenvalue weighted by Crippen LogP contribution is 2.29. The van der Waals surface area contributed by atoms with E-state index in [9.17, 15) is 9.59 Å². The van der Waals surface area contributed by atoms with Crippen molar-refractivity contribution >= 4 is 22.7 Å². The lowest BCUT2D eigenvalue weighted by molar-refractivity contribution is 0.0685. The molecule has 2 aromatic carbocycles. The number of carboxylic acids is 2. The van der Waals surface area contributed by atoms with E-state index in [1.54, 1.807) is 6.07 Å². The normalized spacial score (nSPS) is 10.3. The number of rotatable bonds is 2. The van der Waals surface area contributed by atoms with E-state index < -0.39 is 11.9 Å². The van der Waals surface area contributed by atoms with Gasteiger partial charge in [0.1, 0.15) is 0 Å². The smallest absolute Gasteiger partial charge is 0.336 e. The van der Waals surface area contributed by atoms with Gasteiger partial charge >= 0.3 is 11.9 Å². The summed E-state index contributed by atoms with van der Waals surface area (Å²) in [5.41, 5.74) is 3.28. The molecule has 0 amide bonds. The van der Waals surface area contributed by atoms with Gasteiger partial charge in [0.15, 0.2) is 0 Å². The van der Waals surface area contributed by atoms with Gasteiger partial charge in [0.2, 0.25) is 0 Å². The van der Waals surface area contributed by atoms with Gasteiger partial charge in [-0.2, -0.15) is 0 Å². The molecule has 0 unspecified atom stereocenters. The summed E-state index contributed by atoms with van der Waals surface area (Å²) < 4.78 is 0. The van der Waals surface area contributed by atoms with Gasteiger partial charge < -0.3 is 10.2 Å². The second-order valence-corrected chi connectivity index (χ2v) is 5.26. The maximum Gasteiger partial charge on any atom is 0.336 e. The molecule has 2 N–H and O–H groups in total. The van der Waals surface area contributed by atoms with E-state index in [0.717, 1.165) is 0 Å². The van der Waals surface area contributed by atoms with Crippen molar-refractivity contribution in [3.8, 4) is 23.5 Å². The zero-order chi connectivity index (χ0) is 17.3. The molecule has 2 aliphatic rings. The van der Waals surface area contributed by atoms with Crippen LogP contribution in [0.5, 0.6) is 0 Å². The van der Waals surface area contributed by atoms with E-state index in [0.29, 0.717) is 10.8 Å². The Morgan fingerprint density at radius 3 is 1.88 bits per heavy atom. The summed E-state index contributed by atoms with van der Waals surface area (Å²) in [6.45, 7) is 0. The van der Waals surface area contributed by atoms with Crippen LogP contribution in [0.15, 0.2) is 54.6 Å². The third kappa shape index (κ3) is 2.59. The van der Waals surface area contributed by atoms with Crippen LogP contribution in [-0.4, -0.2) is 22.2 Å². The van der Waals surface area contributed by atoms with E-state index in [1.165, 1.54) is 35.4 Å². The van der Waals surface area contributed by atoms with Crippen LogP contribution in [0.1, 0.15) is 26.3 Å². The predicted molar refractivity (Wildman–Crippen MR) is 91.2 cm³/mol. The Balaban J connectivity index is 0.000000231. The van der Waals surface area contributed by atoms with Crippen LogP contribution in [0, 0.1) is 12.3 Å². The van der Waals surface area contributed by atoms with Crippen LogP contribution in [0.3, 0.4) is 0 Å². The van der Waals surface area contributed by atoms with Crippen molar-refractivity contribution in [1.29, 1.82) is 0 Å². The first-order valence-corrected chi connectivity index (χ1v) is 7.11. The fourth-order valence-electron chi connectivity index (χ4n) is 2.46. The van der Waals surface area contributed by atoms with Crippen LogP contribution in [0.2, 0.25) is 0 Å². The zero-order valence-electron chi connectivity index (χ0n) is 12.5. The minimum absolute atomic E-state index is 0.0353. The minimum atomic E-state index is -1.10. The molecule has 116 valence electrons. The lowest BCUT2D eigenvalue weighted by atomic mass is 9.95. The topological polar surface area (TPSA) is 74.6 Å². The molecule has 0 heterocycles. The van der Waals surface area contributed by atoms with E-state index in [2.05, 4.69) is 30.2 Å². The Bertz CT molecular complexity index is 987. The summed E-state index contributed by atoms with van der Waals surface area (Å²) in [7, 11) is 0. The first-order valence-electron chi connectivity index (χ1n) is 7.11. The molecule has 0 radical (unpaired) electrons. The number of carboxylic acid groups (broad SMARTS) is 2. The van der Waals surface area contributed by atoms with Crippen LogP contribution < -0.4 is 0 Å². The summed E-state index contributed by atoms with van der Waals surface area (Å²) in [5.74, 6) is 0.196. The van der Waals surface area contributed by atoms with E-state index in [1.807, 2.05) is 0 Å². The highest BCUT2D eigenvalue weighted by molar-refractivity contribution is 6.02. The van der Waals surface area contributed by atoms with Crippen molar-refractivity contribution in [2.45, 2.75) is 0 Å². The molecule has 0 bridgehead atoms. The lowest BCUT2D eigenvalue weighted by Crippen LogP contribution is -2.01. The molecule has 0 atom stereocenters. The standard InChI is InChI=1S/C14H8O4.C6H4/c1-2-10-11-5-4-9(13(15)16)7-8(11)3-6-12(10)14(17)18;1-2-6-4-3-5(1)6/h1,3-7H,(H,15,16)(H,17,18);1-4H. The molecule has 0 aromatic heterocycles. The van der Waals surface area contributed by atoms with Crippen molar-refractivity contribution in [2.75, 3.05) is 0 Å². The predicted octanol–water partition coefficient (Wildman–Crippen LogP) is 3.88. The fraction of sp³-hybridized carbons (Fsp3) is 0. The Morgan fingerprint density at radius 2 is 1.46 bits per heavy atom. The van der Waals surface area contributed by atoms with Crippen LogP contribution in [0.4, 0.5) is 0 Å². The maximum atomic E-state index is 11.0. The molecule has 4 nitrogen and oxygen atoms in total. The van der Waals surface area contributed by atoms with Crippen molar-refractivity contribution in [3.63, 3.8) is 0 Å². The number of carbonyl (C=O) groups is 2. The molecule has 0 saturated carbocycles. The van der Waals surface area contributed by atoms with Gasteiger partial charge in [-0.25, -0.2) is 9.59 Å².